The number of nitrogens with zero attached hydrogens (tertiary/aromatic N) is 2. The van der Waals surface area contributed by atoms with Crippen molar-refractivity contribution in [2.75, 3.05) is 13.1 Å². The van der Waals surface area contributed by atoms with Crippen LogP contribution in [-0.2, 0) is 0 Å². The fraction of sp³-hybridized carbons (Fsp3) is 0.524. The number of aromatic nitrogens is 1. The van der Waals surface area contributed by atoms with Crippen LogP contribution in [0.4, 0.5) is 0 Å². The van der Waals surface area contributed by atoms with E-state index >= 15 is 0 Å². The molecule has 2 N–H and O–H groups in total. The number of likely N-dealkylation sites (tertiary alicyclic amines) is 1. The molecule has 1 saturated heterocycles. The van der Waals surface area contributed by atoms with Crippen LogP contribution < -0.4 is 5.73 Å². The number of aryl methyl sites for hydroxylation is 1. The first-order chi connectivity index (χ1) is 12.1. The van der Waals surface area contributed by atoms with Crippen LogP contribution >= 0.6 is 24.8 Å². The van der Waals surface area contributed by atoms with E-state index in [1.54, 1.807) is 0 Å². The topological polar surface area (TPSA) is 59.2 Å². The number of carbonyl (C=O) groups excluding carboxylic acids is 1. The van der Waals surface area contributed by atoms with Crippen LogP contribution in [0.3, 0.4) is 0 Å². The maximum absolute atomic E-state index is 13.4. The van der Waals surface area contributed by atoms with Crippen LogP contribution in [0.2, 0.25) is 0 Å². The van der Waals surface area contributed by atoms with Crippen LogP contribution in [0.5, 0.6) is 0 Å². The van der Waals surface area contributed by atoms with Gasteiger partial charge in [0.2, 0.25) is 0 Å². The van der Waals surface area contributed by atoms with Crippen LogP contribution in [0, 0.1) is 12.8 Å². The molecule has 0 spiro atoms. The first-order valence-corrected chi connectivity index (χ1v) is 9.49. The molecule has 2 atom stereocenters. The third-order valence-corrected chi connectivity index (χ3v) is 5.72. The van der Waals surface area contributed by atoms with Gasteiger partial charge in [0.15, 0.2) is 0 Å². The molecule has 148 valence electrons. The summed E-state index contributed by atoms with van der Waals surface area (Å²) < 4.78 is 0. The minimum atomic E-state index is 0. The number of carbonyl (C=O) groups is 1. The largest absolute Gasteiger partial charge is 0.334 e. The Morgan fingerprint density at radius 2 is 1.96 bits per heavy atom. The lowest BCUT2D eigenvalue weighted by Gasteiger charge is -2.38. The normalized spacial score (nSPS) is 22.1. The fourth-order valence-corrected chi connectivity index (χ4v) is 4.02. The molecule has 2 aromatic rings. The van der Waals surface area contributed by atoms with Gasteiger partial charge in [0.05, 0.1) is 11.1 Å². The lowest BCUT2D eigenvalue weighted by Crippen LogP contribution is -2.49. The van der Waals surface area contributed by atoms with Gasteiger partial charge in [0.25, 0.3) is 5.91 Å². The summed E-state index contributed by atoms with van der Waals surface area (Å²) >= 11 is 0. The Hall–Kier alpha value is -1.36. The third kappa shape index (κ3) is 4.39. The molecule has 6 heteroatoms. The second kappa shape index (κ2) is 8.76. The molecule has 4 nitrogen and oxygen atoms in total. The number of fused-ring (bicyclic) bond motifs is 1. The molecule has 4 rings (SSSR count). The van der Waals surface area contributed by atoms with Crippen LogP contribution in [0.15, 0.2) is 24.3 Å². The predicted molar refractivity (Wildman–Crippen MR) is 115 cm³/mol. The summed E-state index contributed by atoms with van der Waals surface area (Å²) in [5, 5.41) is 0.976. The molecule has 27 heavy (non-hydrogen) atoms. The van der Waals surface area contributed by atoms with Gasteiger partial charge in [-0.2, -0.15) is 0 Å². The molecule has 1 aromatic heterocycles. The standard InChI is InChI=1S/C21H27N3O.2ClH/c1-13-3-6-19-17(10-13)18(11-20(23-19)15-4-5-15)21(25)24-8-7-14(2)9-16(24)12-22;;/h3,6,10-11,14-16H,4-5,7-9,12,22H2,1-2H3;2*1H. The number of halogens is 2. The maximum Gasteiger partial charge on any atom is 0.254 e. The molecular formula is C21H29Cl2N3O. The number of rotatable bonds is 3. The highest BCUT2D eigenvalue weighted by Crippen LogP contribution is 2.40. The number of hydrogen-bond acceptors (Lipinski definition) is 3. The minimum absolute atomic E-state index is 0. The molecule has 1 saturated carbocycles. The summed E-state index contributed by atoms with van der Waals surface area (Å²) in [6.07, 6.45) is 4.43. The maximum atomic E-state index is 13.4. The van der Waals surface area contributed by atoms with Crippen LogP contribution in [0.25, 0.3) is 10.9 Å². The van der Waals surface area contributed by atoms with Crippen molar-refractivity contribution >= 4 is 41.6 Å². The van der Waals surface area contributed by atoms with Crippen molar-refractivity contribution in [2.24, 2.45) is 11.7 Å². The highest BCUT2D eigenvalue weighted by molar-refractivity contribution is 6.06. The first kappa shape index (κ1) is 21.9. The Bertz CT molecular complexity index is 822. The zero-order valence-corrected chi connectivity index (χ0v) is 17.6. The molecule has 2 aliphatic rings. The number of hydrogen-bond donors (Lipinski definition) is 1. The van der Waals surface area contributed by atoms with E-state index in [9.17, 15) is 4.79 Å². The summed E-state index contributed by atoms with van der Waals surface area (Å²) in [7, 11) is 0. The Morgan fingerprint density at radius 1 is 1.22 bits per heavy atom. The highest BCUT2D eigenvalue weighted by atomic mass is 35.5. The number of pyridine rings is 1. The third-order valence-electron chi connectivity index (χ3n) is 5.72. The molecule has 1 aromatic carbocycles. The number of benzene rings is 1. The average Bonchev–Trinajstić information content (AvgIpc) is 3.45. The minimum Gasteiger partial charge on any atom is -0.334 e. The van der Waals surface area contributed by atoms with Gasteiger partial charge < -0.3 is 10.6 Å². The van der Waals surface area contributed by atoms with Crippen molar-refractivity contribution < 1.29 is 4.79 Å². The van der Waals surface area contributed by atoms with Crippen molar-refractivity contribution in [3.8, 4) is 0 Å². The van der Waals surface area contributed by atoms with Gasteiger partial charge in [-0.15, -0.1) is 24.8 Å². The van der Waals surface area contributed by atoms with E-state index in [0.29, 0.717) is 18.4 Å². The summed E-state index contributed by atoms with van der Waals surface area (Å²) in [5.41, 5.74) is 9.97. The lowest BCUT2D eigenvalue weighted by atomic mass is 9.91. The predicted octanol–water partition coefficient (Wildman–Crippen LogP) is 4.46. The molecule has 1 aliphatic carbocycles. The molecule has 2 unspecified atom stereocenters. The average molecular weight is 410 g/mol. The molecule has 0 radical (unpaired) electrons. The first-order valence-electron chi connectivity index (χ1n) is 9.49. The molecule has 0 bridgehead atoms. The Labute approximate surface area is 173 Å². The van der Waals surface area contributed by atoms with E-state index in [4.69, 9.17) is 10.7 Å². The summed E-state index contributed by atoms with van der Waals surface area (Å²) in [6, 6.07) is 8.41. The SMILES string of the molecule is Cc1ccc2nc(C3CC3)cc(C(=O)N3CCC(C)CC3CN)c2c1.Cl.Cl. The van der Waals surface area contributed by atoms with Gasteiger partial charge in [0.1, 0.15) is 0 Å². The smallest absolute Gasteiger partial charge is 0.254 e. The van der Waals surface area contributed by atoms with E-state index in [1.807, 2.05) is 17.0 Å². The van der Waals surface area contributed by atoms with Crippen molar-refractivity contribution in [1.82, 2.24) is 9.88 Å². The van der Waals surface area contributed by atoms with Gasteiger partial charge >= 0.3 is 0 Å². The van der Waals surface area contributed by atoms with Crippen LogP contribution in [-0.4, -0.2) is 34.9 Å². The van der Waals surface area contributed by atoms with E-state index in [0.717, 1.165) is 47.1 Å². The Kier molecular flexibility index (Phi) is 7.12. The second-order valence-corrected chi connectivity index (χ2v) is 7.91. The van der Waals surface area contributed by atoms with E-state index in [2.05, 4.69) is 26.0 Å². The molecule has 2 fully saturated rings. The zero-order chi connectivity index (χ0) is 17.6. The van der Waals surface area contributed by atoms with E-state index < -0.39 is 0 Å². The highest BCUT2D eigenvalue weighted by Gasteiger charge is 2.32. The van der Waals surface area contributed by atoms with Gasteiger partial charge in [-0.05, 0) is 56.7 Å². The number of nitrogens with two attached hydrogens (primary N) is 1. The van der Waals surface area contributed by atoms with Crippen molar-refractivity contribution in [2.45, 2.75) is 51.5 Å². The summed E-state index contributed by atoms with van der Waals surface area (Å²) in [6.45, 7) is 5.65. The number of amides is 1. The van der Waals surface area contributed by atoms with Gasteiger partial charge in [-0.3, -0.25) is 9.78 Å². The van der Waals surface area contributed by atoms with Crippen molar-refractivity contribution in [3.05, 3.63) is 41.1 Å². The molecule has 1 amide bonds. The monoisotopic (exact) mass is 409 g/mol. The zero-order valence-electron chi connectivity index (χ0n) is 16.0. The Morgan fingerprint density at radius 3 is 2.63 bits per heavy atom. The molecular weight excluding hydrogens is 381 g/mol. The fourth-order valence-electron chi connectivity index (χ4n) is 4.02. The van der Waals surface area contributed by atoms with Gasteiger partial charge in [-0.1, -0.05) is 18.6 Å². The summed E-state index contributed by atoms with van der Waals surface area (Å²) in [4.78, 5) is 20.3. The van der Waals surface area contributed by atoms with E-state index in [-0.39, 0.29) is 36.8 Å². The molecule has 2 heterocycles. The van der Waals surface area contributed by atoms with E-state index in [1.165, 1.54) is 12.8 Å². The summed E-state index contributed by atoms with van der Waals surface area (Å²) in [5.74, 6) is 1.29. The number of piperidine rings is 1. The van der Waals surface area contributed by atoms with Gasteiger partial charge in [-0.25, -0.2) is 0 Å². The van der Waals surface area contributed by atoms with Crippen molar-refractivity contribution in [1.29, 1.82) is 0 Å². The molecule has 1 aliphatic heterocycles. The van der Waals surface area contributed by atoms with Gasteiger partial charge in [0, 0.05) is 36.1 Å². The quantitative estimate of drug-likeness (QED) is 0.813. The second-order valence-electron chi connectivity index (χ2n) is 7.91. The van der Waals surface area contributed by atoms with Crippen LogP contribution in [0.1, 0.15) is 60.1 Å². The van der Waals surface area contributed by atoms with Crippen molar-refractivity contribution in [3.63, 3.8) is 0 Å². The lowest BCUT2D eigenvalue weighted by molar-refractivity contribution is 0.0575. The Balaban J connectivity index is 0.00000131.